The van der Waals surface area contributed by atoms with Crippen molar-refractivity contribution in [2.45, 2.75) is 335 Å². The quantitative estimate of drug-likeness (QED) is 0.0493. The van der Waals surface area contributed by atoms with E-state index in [0.29, 0.717) is 0 Å². The highest BCUT2D eigenvalue weighted by Crippen LogP contribution is 2.27. The van der Waals surface area contributed by atoms with Crippen LogP contribution in [0.25, 0.3) is 10.8 Å². The van der Waals surface area contributed by atoms with E-state index in [-0.39, 0.29) is 0 Å². The second-order valence-electron chi connectivity index (χ2n) is 21.4. The molecule has 408 valence electrons. The van der Waals surface area contributed by atoms with Crippen molar-refractivity contribution in [2.75, 3.05) is 0 Å². The third kappa shape index (κ3) is 50.2. The van der Waals surface area contributed by atoms with Crippen LogP contribution in [0.15, 0.2) is 36.4 Å². The number of carboxylic acid groups (broad SMARTS) is 2. The molecule has 0 atom stereocenters. The summed E-state index contributed by atoms with van der Waals surface area (Å²) >= 11 is 0. The van der Waals surface area contributed by atoms with E-state index in [1.165, 1.54) is 332 Å². The fraction of sp³-hybridized carbons (Fsp3) is 0.812. The van der Waals surface area contributed by atoms with Crippen LogP contribution in [-0.4, -0.2) is 22.4 Å². The molecule has 2 aromatic carbocycles. The third-order valence-corrected chi connectivity index (χ3v) is 14.7. The van der Waals surface area contributed by atoms with Crippen LogP contribution in [0, 0.1) is 0 Å². The molecular weight excluding hydrogens is 861 g/mol. The summed E-state index contributed by atoms with van der Waals surface area (Å²) < 4.78 is 0. The van der Waals surface area contributed by atoms with Crippen molar-refractivity contribution in [2.24, 2.45) is 11.5 Å². The molecule has 0 spiro atoms. The Balaban J connectivity index is 0.00000550. The van der Waals surface area contributed by atoms with E-state index in [4.69, 9.17) is 19.8 Å². The van der Waals surface area contributed by atoms with Crippen molar-refractivity contribution in [1.29, 1.82) is 0 Å². The summed E-state index contributed by atoms with van der Waals surface area (Å²) in [6, 6.07) is 14.1. The molecule has 0 aromatic heterocycles. The standard InChI is InChI=1S/C62H112.2CH3NO2/c1-3-5-7-9-11-13-15-17-19-21-23-25-27-29-31-33-35-37-39-41-43-45-47-49-53-59-57-58-60-54-51-52-56-62(60)61(59)55-50-48-46-44-42-40-38-36-34-32-30-28-26-24-22-20-18-16-14-12-10-8-6-4-2;2*2-1(3)4/h51-52,54,56-58H,3-50,53,55H2,1-2H3;2*2H2,(H,3,4). The molecule has 0 saturated heterocycles. The Morgan fingerprint density at radius 1 is 0.314 bits per heavy atom. The first kappa shape index (κ1) is 67.2. The molecule has 2 aromatic rings. The van der Waals surface area contributed by atoms with E-state index < -0.39 is 12.2 Å². The number of unbranched alkanes of at least 4 members (excludes halogenated alkanes) is 46. The maximum absolute atomic E-state index is 8.78. The monoisotopic (exact) mass is 979 g/mol. The number of nitrogens with two attached hydrogens (primary N) is 2. The predicted octanol–water partition coefficient (Wildman–Crippen LogP) is 21.9. The number of rotatable bonds is 50. The van der Waals surface area contributed by atoms with E-state index >= 15 is 0 Å². The Hall–Kier alpha value is -2.76. The molecule has 2 amide bonds. The minimum absolute atomic E-state index is 1.27. The van der Waals surface area contributed by atoms with Gasteiger partial charge in [-0.2, -0.15) is 0 Å². The highest BCUT2D eigenvalue weighted by atomic mass is 16.4. The zero-order valence-corrected chi connectivity index (χ0v) is 46.7. The lowest BCUT2D eigenvalue weighted by Gasteiger charge is -2.14. The van der Waals surface area contributed by atoms with Gasteiger partial charge in [-0.3, -0.25) is 0 Å². The minimum Gasteiger partial charge on any atom is -0.465 e. The van der Waals surface area contributed by atoms with Gasteiger partial charge in [0, 0.05) is 0 Å². The number of amides is 2. The van der Waals surface area contributed by atoms with Crippen LogP contribution in [0.3, 0.4) is 0 Å². The zero-order valence-electron chi connectivity index (χ0n) is 46.7. The molecule has 6 nitrogen and oxygen atoms in total. The van der Waals surface area contributed by atoms with Gasteiger partial charge in [-0.25, -0.2) is 9.59 Å². The summed E-state index contributed by atoms with van der Waals surface area (Å²) in [5.74, 6) is 0. The maximum atomic E-state index is 8.78. The molecule has 0 radical (unpaired) electrons. The summed E-state index contributed by atoms with van der Waals surface area (Å²) in [5, 5.41) is 17.4. The highest BCUT2D eigenvalue weighted by Gasteiger charge is 2.08. The van der Waals surface area contributed by atoms with Gasteiger partial charge >= 0.3 is 12.2 Å². The first-order chi connectivity index (χ1) is 34.3. The predicted molar refractivity (Wildman–Crippen MR) is 309 cm³/mol. The van der Waals surface area contributed by atoms with Crippen LogP contribution < -0.4 is 11.5 Å². The maximum Gasteiger partial charge on any atom is 0.402 e. The van der Waals surface area contributed by atoms with Gasteiger partial charge in [0.05, 0.1) is 0 Å². The number of aryl methyl sites for hydroxylation is 2. The second kappa shape index (κ2) is 55.6. The molecule has 0 heterocycles. The lowest BCUT2D eigenvalue weighted by atomic mass is 9.91. The largest absolute Gasteiger partial charge is 0.465 e. The molecular formula is C64H118N2O4. The molecule has 0 fully saturated rings. The highest BCUT2D eigenvalue weighted by molar-refractivity contribution is 5.86. The lowest BCUT2D eigenvalue weighted by molar-refractivity contribution is 0.204. The molecule has 0 aliphatic heterocycles. The van der Waals surface area contributed by atoms with Gasteiger partial charge in [-0.05, 0) is 47.6 Å². The summed E-state index contributed by atoms with van der Waals surface area (Å²) in [4.78, 5) is 17.6. The van der Waals surface area contributed by atoms with Crippen LogP contribution in [0.2, 0.25) is 0 Å². The van der Waals surface area contributed by atoms with Crippen molar-refractivity contribution in [1.82, 2.24) is 0 Å². The number of benzene rings is 2. The van der Waals surface area contributed by atoms with Crippen molar-refractivity contribution in [3.63, 3.8) is 0 Å². The van der Waals surface area contributed by atoms with Crippen molar-refractivity contribution in [3.8, 4) is 0 Å². The number of fused-ring (bicyclic) bond motifs is 1. The molecule has 2 rings (SSSR count). The van der Waals surface area contributed by atoms with E-state index in [1.807, 2.05) is 0 Å². The average molecular weight is 980 g/mol. The molecule has 0 saturated carbocycles. The van der Waals surface area contributed by atoms with Crippen LogP contribution in [0.4, 0.5) is 9.59 Å². The van der Waals surface area contributed by atoms with Crippen LogP contribution in [0.1, 0.15) is 333 Å². The van der Waals surface area contributed by atoms with E-state index in [9.17, 15) is 0 Å². The third-order valence-electron chi connectivity index (χ3n) is 14.7. The second-order valence-corrected chi connectivity index (χ2v) is 21.4. The van der Waals surface area contributed by atoms with Gasteiger partial charge < -0.3 is 21.7 Å². The molecule has 70 heavy (non-hydrogen) atoms. The van der Waals surface area contributed by atoms with Gasteiger partial charge in [0.25, 0.3) is 0 Å². The smallest absolute Gasteiger partial charge is 0.402 e. The Kier molecular flexibility index (Phi) is 53.4. The van der Waals surface area contributed by atoms with Crippen LogP contribution >= 0.6 is 0 Å². The Morgan fingerprint density at radius 3 is 0.786 bits per heavy atom. The first-order valence-corrected chi connectivity index (χ1v) is 30.8. The normalized spacial score (nSPS) is 11.1. The Bertz CT molecular complexity index is 1360. The minimum atomic E-state index is -1.33. The summed E-state index contributed by atoms with van der Waals surface area (Å²) in [5.41, 5.74) is 11.4. The lowest BCUT2D eigenvalue weighted by Crippen LogP contribution is -2.03. The summed E-state index contributed by atoms with van der Waals surface area (Å²) in [7, 11) is 0. The van der Waals surface area contributed by atoms with Gasteiger partial charge in [0.2, 0.25) is 0 Å². The van der Waals surface area contributed by atoms with Crippen LogP contribution in [0.5, 0.6) is 0 Å². The van der Waals surface area contributed by atoms with Crippen molar-refractivity contribution >= 4 is 23.0 Å². The van der Waals surface area contributed by atoms with Crippen molar-refractivity contribution < 1.29 is 19.8 Å². The Morgan fingerprint density at radius 2 is 0.529 bits per heavy atom. The van der Waals surface area contributed by atoms with Crippen molar-refractivity contribution in [3.05, 3.63) is 47.5 Å². The number of hydrogen-bond donors (Lipinski definition) is 4. The SMILES string of the molecule is CCCCCCCCCCCCCCCCCCCCCCCCCCc1ccc2ccccc2c1CCCCCCCCCCCCCCCCCCCCCCCCCC.NC(=O)O.NC(=O)O. The summed E-state index contributed by atoms with van der Waals surface area (Å²) in [6.45, 7) is 4.63. The fourth-order valence-corrected chi connectivity index (χ4v) is 10.5. The number of primary amides is 2. The molecule has 0 bridgehead atoms. The molecule has 0 unspecified atom stereocenters. The number of hydrogen-bond acceptors (Lipinski definition) is 2. The van der Waals surface area contributed by atoms with Gasteiger partial charge in [0.1, 0.15) is 0 Å². The molecule has 6 N–H and O–H groups in total. The van der Waals surface area contributed by atoms with Gasteiger partial charge in [-0.15, -0.1) is 0 Å². The zero-order chi connectivity index (χ0) is 51.1. The van der Waals surface area contributed by atoms with Gasteiger partial charge in [0.15, 0.2) is 0 Å². The van der Waals surface area contributed by atoms with Gasteiger partial charge in [-0.1, -0.05) is 346 Å². The fourth-order valence-electron chi connectivity index (χ4n) is 10.5. The summed E-state index contributed by atoms with van der Waals surface area (Å²) in [6.07, 6.45) is 70.0. The Labute approximate surface area is 434 Å². The first-order valence-electron chi connectivity index (χ1n) is 30.8. The molecule has 0 aliphatic carbocycles. The van der Waals surface area contributed by atoms with Crippen LogP contribution in [-0.2, 0) is 12.8 Å². The molecule has 0 aliphatic rings. The van der Waals surface area contributed by atoms with E-state index in [0.717, 1.165) is 0 Å². The number of carbonyl (C=O) groups is 2. The van der Waals surface area contributed by atoms with E-state index in [2.05, 4.69) is 61.7 Å². The molecule has 6 heteroatoms. The topological polar surface area (TPSA) is 127 Å². The average Bonchev–Trinajstić information content (AvgIpc) is 3.34. The van der Waals surface area contributed by atoms with E-state index in [1.54, 1.807) is 11.1 Å².